The Kier molecular flexibility index (Phi) is 4.35. The van der Waals surface area contributed by atoms with Gasteiger partial charge in [0.2, 0.25) is 0 Å². The van der Waals surface area contributed by atoms with Gasteiger partial charge in [-0.05, 0) is 30.7 Å². The van der Waals surface area contributed by atoms with Gasteiger partial charge in [-0.2, -0.15) is 0 Å². The highest BCUT2D eigenvalue weighted by Crippen LogP contribution is 2.33. The number of benzene rings is 2. The van der Waals surface area contributed by atoms with Crippen molar-refractivity contribution in [2.45, 2.75) is 13.0 Å². The van der Waals surface area contributed by atoms with Crippen LogP contribution in [0.3, 0.4) is 0 Å². The molecule has 4 heteroatoms. The molecule has 0 amide bonds. The van der Waals surface area contributed by atoms with E-state index in [1.807, 2.05) is 31.2 Å². The lowest BCUT2D eigenvalue weighted by atomic mass is 9.97. The van der Waals surface area contributed by atoms with Crippen molar-refractivity contribution in [3.63, 3.8) is 0 Å². The molecule has 1 unspecified atom stereocenters. The van der Waals surface area contributed by atoms with Crippen molar-refractivity contribution in [2.75, 3.05) is 7.11 Å². The molecule has 100 valence electrons. The van der Waals surface area contributed by atoms with Crippen molar-refractivity contribution in [2.24, 2.45) is 5.73 Å². The molecule has 0 fully saturated rings. The van der Waals surface area contributed by atoms with Gasteiger partial charge in [-0.3, -0.25) is 0 Å². The topological polar surface area (TPSA) is 35.2 Å². The minimum absolute atomic E-state index is 0.348. The third kappa shape index (κ3) is 3.03. The molecule has 0 heterocycles. The Hall–Kier alpha value is -1.22. The van der Waals surface area contributed by atoms with Crippen LogP contribution in [0.25, 0.3) is 0 Å². The molecule has 0 aromatic heterocycles. The van der Waals surface area contributed by atoms with Gasteiger partial charge in [0.15, 0.2) is 0 Å². The number of hydrogen-bond acceptors (Lipinski definition) is 2. The first kappa shape index (κ1) is 14.2. The lowest BCUT2D eigenvalue weighted by molar-refractivity contribution is 0.407. The molecule has 0 aliphatic carbocycles. The predicted octanol–water partition coefficient (Wildman–Crippen LogP) is 4.36. The Morgan fingerprint density at radius 2 is 1.79 bits per heavy atom. The molecule has 1 atom stereocenters. The van der Waals surface area contributed by atoms with Gasteiger partial charge in [0, 0.05) is 15.6 Å². The van der Waals surface area contributed by atoms with Crippen LogP contribution in [0.4, 0.5) is 0 Å². The lowest BCUT2D eigenvalue weighted by Crippen LogP contribution is -2.13. The molecule has 0 aliphatic heterocycles. The number of ether oxygens (including phenoxy) is 1. The van der Waals surface area contributed by atoms with Crippen molar-refractivity contribution >= 4 is 23.2 Å². The van der Waals surface area contributed by atoms with Gasteiger partial charge in [0.1, 0.15) is 5.75 Å². The van der Waals surface area contributed by atoms with E-state index in [4.69, 9.17) is 33.7 Å². The zero-order valence-electron chi connectivity index (χ0n) is 10.8. The average Bonchev–Trinajstić information content (AvgIpc) is 2.38. The smallest absolute Gasteiger partial charge is 0.123 e. The minimum atomic E-state index is -0.348. The molecule has 0 saturated carbocycles. The van der Waals surface area contributed by atoms with Gasteiger partial charge in [0.05, 0.1) is 13.2 Å². The van der Waals surface area contributed by atoms with E-state index in [9.17, 15) is 0 Å². The molecule has 0 aliphatic rings. The summed E-state index contributed by atoms with van der Waals surface area (Å²) < 4.78 is 5.36. The van der Waals surface area contributed by atoms with Crippen LogP contribution in [0.15, 0.2) is 36.4 Å². The zero-order chi connectivity index (χ0) is 14.0. The zero-order valence-corrected chi connectivity index (χ0v) is 12.3. The lowest BCUT2D eigenvalue weighted by Gasteiger charge is -2.18. The van der Waals surface area contributed by atoms with E-state index in [2.05, 4.69) is 0 Å². The quantitative estimate of drug-likeness (QED) is 0.913. The van der Waals surface area contributed by atoms with Crippen molar-refractivity contribution in [1.82, 2.24) is 0 Å². The summed E-state index contributed by atoms with van der Waals surface area (Å²) in [5.41, 5.74) is 9.16. The maximum Gasteiger partial charge on any atom is 0.123 e. The number of halogens is 2. The summed E-state index contributed by atoms with van der Waals surface area (Å²) in [6.45, 7) is 2.01. The Balaban J connectivity index is 2.49. The minimum Gasteiger partial charge on any atom is -0.496 e. The Morgan fingerprint density at radius 3 is 2.42 bits per heavy atom. The highest BCUT2D eigenvalue weighted by Gasteiger charge is 2.17. The summed E-state index contributed by atoms with van der Waals surface area (Å²) in [7, 11) is 1.63. The number of nitrogens with two attached hydrogens (primary N) is 1. The second-order valence-electron chi connectivity index (χ2n) is 4.39. The normalized spacial score (nSPS) is 12.3. The number of hydrogen-bond donors (Lipinski definition) is 1. The van der Waals surface area contributed by atoms with Crippen LogP contribution in [0.5, 0.6) is 5.75 Å². The Bertz CT molecular complexity index is 599. The Morgan fingerprint density at radius 1 is 1.05 bits per heavy atom. The molecule has 0 spiro atoms. The summed E-state index contributed by atoms with van der Waals surface area (Å²) in [5, 5.41) is 1.15. The van der Waals surface area contributed by atoms with Crippen molar-refractivity contribution in [1.29, 1.82) is 0 Å². The highest BCUT2D eigenvalue weighted by atomic mass is 35.5. The van der Waals surface area contributed by atoms with Gasteiger partial charge < -0.3 is 10.5 Å². The summed E-state index contributed by atoms with van der Waals surface area (Å²) in [6.07, 6.45) is 0. The fourth-order valence-electron chi connectivity index (χ4n) is 2.02. The standard InChI is InChI=1S/C15H15Cl2NO/c1-9-3-6-14(19-2)12(7-9)15(18)11-5-4-10(16)8-13(11)17/h3-8,15H,18H2,1-2H3. The second-order valence-corrected chi connectivity index (χ2v) is 5.23. The number of methoxy groups -OCH3 is 1. The van der Waals surface area contributed by atoms with Crippen molar-refractivity contribution in [3.8, 4) is 5.75 Å². The van der Waals surface area contributed by atoms with E-state index in [1.165, 1.54) is 0 Å². The van der Waals surface area contributed by atoms with Crippen molar-refractivity contribution in [3.05, 3.63) is 63.1 Å². The third-order valence-electron chi connectivity index (χ3n) is 3.02. The molecule has 2 N–H and O–H groups in total. The molecule has 2 rings (SSSR count). The van der Waals surface area contributed by atoms with Crippen molar-refractivity contribution < 1.29 is 4.74 Å². The summed E-state index contributed by atoms with van der Waals surface area (Å²) in [5.74, 6) is 0.754. The van der Waals surface area contributed by atoms with E-state index in [-0.39, 0.29) is 6.04 Å². The molecular formula is C15H15Cl2NO. The molecular weight excluding hydrogens is 281 g/mol. The fourth-order valence-corrected chi connectivity index (χ4v) is 2.54. The van der Waals surface area contributed by atoms with Gasteiger partial charge in [-0.15, -0.1) is 0 Å². The van der Waals surface area contributed by atoms with Crippen LogP contribution >= 0.6 is 23.2 Å². The first-order valence-corrected chi connectivity index (χ1v) is 6.63. The van der Waals surface area contributed by atoms with E-state index in [0.717, 1.165) is 22.4 Å². The third-order valence-corrected chi connectivity index (χ3v) is 3.58. The SMILES string of the molecule is COc1ccc(C)cc1C(N)c1ccc(Cl)cc1Cl. The van der Waals surface area contributed by atoms with E-state index < -0.39 is 0 Å². The molecule has 0 saturated heterocycles. The molecule has 2 nitrogen and oxygen atoms in total. The van der Waals surface area contributed by atoms with E-state index >= 15 is 0 Å². The monoisotopic (exact) mass is 295 g/mol. The van der Waals surface area contributed by atoms with Crippen LogP contribution < -0.4 is 10.5 Å². The van der Waals surface area contributed by atoms with Gasteiger partial charge in [-0.1, -0.05) is 47.0 Å². The first-order chi connectivity index (χ1) is 9.02. The van der Waals surface area contributed by atoms with Crippen LogP contribution in [0.2, 0.25) is 10.0 Å². The molecule has 0 bridgehead atoms. The number of aryl methyl sites for hydroxylation is 1. The maximum absolute atomic E-state index is 6.30. The van der Waals surface area contributed by atoms with Gasteiger partial charge in [-0.25, -0.2) is 0 Å². The molecule has 2 aromatic rings. The van der Waals surface area contributed by atoms with Crippen LogP contribution in [0.1, 0.15) is 22.7 Å². The molecule has 19 heavy (non-hydrogen) atoms. The van der Waals surface area contributed by atoms with E-state index in [0.29, 0.717) is 10.0 Å². The second kappa shape index (κ2) is 5.83. The summed E-state index contributed by atoms with van der Waals surface area (Å²) >= 11 is 12.1. The maximum atomic E-state index is 6.30. The van der Waals surface area contributed by atoms with Crippen LogP contribution in [-0.2, 0) is 0 Å². The largest absolute Gasteiger partial charge is 0.496 e. The van der Waals surface area contributed by atoms with Crippen LogP contribution in [-0.4, -0.2) is 7.11 Å². The van der Waals surface area contributed by atoms with E-state index in [1.54, 1.807) is 19.2 Å². The highest BCUT2D eigenvalue weighted by molar-refractivity contribution is 6.35. The summed E-state index contributed by atoms with van der Waals surface area (Å²) in [6, 6.07) is 10.9. The number of rotatable bonds is 3. The Labute approximate surface area is 123 Å². The molecule has 2 aromatic carbocycles. The first-order valence-electron chi connectivity index (χ1n) is 5.88. The fraction of sp³-hybridized carbons (Fsp3) is 0.200. The van der Waals surface area contributed by atoms with Gasteiger partial charge >= 0.3 is 0 Å². The summed E-state index contributed by atoms with van der Waals surface area (Å²) in [4.78, 5) is 0. The predicted molar refractivity (Wildman–Crippen MR) is 80.2 cm³/mol. The van der Waals surface area contributed by atoms with Crippen LogP contribution in [0, 0.1) is 6.92 Å². The molecule has 0 radical (unpaired) electrons. The van der Waals surface area contributed by atoms with Gasteiger partial charge in [0.25, 0.3) is 0 Å². The average molecular weight is 296 g/mol.